The predicted octanol–water partition coefficient (Wildman–Crippen LogP) is 1.24. The second-order valence-corrected chi connectivity index (χ2v) is 5.69. The zero-order valence-corrected chi connectivity index (χ0v) is 10.6. The molecule has 1 fully saturated rings. The van der Waals surface area contributed by atoms with E-state index in [2.05, 4.69) is 36.3 Å². The highest BCUT2D eigenvalue weighted by Crippen LogP contribution is 2.28. The van der Waals surface area contributed by atoms with Crippen LogP contribution in [0.2, 0.25) is 0 Å². The van der Waals surface area contributed by atoms with Gasteiger partial charge in [0.1, 0.15) is 0 Å². The van der Waals surface area contributed by atoms with Crippen molar-refractivity contribution in [2.45, 2.75) is 38.2 Å². The van der Waals surface area contributed by atoms with Crippen LogP contribution in [-0.4, -0.2) is 36.0 Å². The number of nitrogens with one attached hydrogen (secondary N) is 2. The van der Waals surface area contributed by atoms with E-state index in [1.807, 2.05) is 6.20 Å². The third kappa shape index (κ3) is 1.99. The molecule has 0 unspecified atom stereocenters. The highest BCUT2D eigenvalue weighted by Gasteiger charge is 2.38. The smallest absolute Gasteiger partial charge is 0.0967 e. The molecule has 1 aliphatic heterocycles. The summed E-state index contributed by atoms with van der Waals surface area (Å²) in [5.74, 6) is 0. The number of hydrogen-bond acceptors (Lipinski definition) is 3. The van der Waals surface area contributed by atoms with E-state index in [1.54, 1.807) is 7.11 Å². The Balaban J connectivity index is 2.19. The molecule has 0 bridgehead atoms. The second kappa shape index (κ2) is 3.86. The molecule has 0 atom stereocenters. The molecule has 2 heterocycles. The van der Waals surface area contributed by atoms with Crippen molar-refractivity contribution in [2.24, 2.45) is 0 Å². The van der Waals surface area contributed by atoms with Crippen molar-refractivity contribution in [1.82, 2.24) is 15.5 Å². The van der Waals surface area contributed by atoms with Crippen LogP contribution in [-0.2, 0) is 16.6 Å². The average Bonchev–Trinajstić information content (AvgIpc) is 2.58. The standard InChI is InChI=1S/C12H21N3O/c1-11(2,3)10-9(6-14-15-10)5-12(16-4)7-13-8-12/h6,13H,5,7-8H2,1-4H3,(H,14,15). The lowest BCUT2D eigenvalue weighted by Gasteiger charge is -2.41. The molecule has 1 saturated heterocycles. The van der Waals surface area contributed by atoms with Crippen LogP contribution in [0.1, 0.15) is 32.0 Å². The average molecular weight is 223 g/mol. The quantitative estimate of drug-likeness (QED) is 0.810. The molecule has 16 heavy (non-hydrogen) atoms. The zero-order valence-electron chi connectivity index (χ0n) is 10.6. The van der Waals surface area contributed by atoms with Gasteiger partial charge in [-0.15, -0.1) is 0 Å². The van der Waals surface area contributed by atoms with Gasteiger partial charge in [-0.05, 0) is 5.56 Å². The predicted molar refractivity (Wildman–Crippen MR) is 63.6 cm³/mol. The van der Waals surface area contributed by atoms with E-state index in [-0.39, 0.29) is 11.0 Å². The van der Waals surface area contributed by atoms with E-state index in [9.17, 15) is 0 Å². The molecule has 2 rings (SSSR count). The summed E-state index contributed by atoms with van der Waals surface area (Å²) >= 11 is 0. The first kappa shape index (κ1) is 11.6. The monoisotopic (exact) mass is 223 g/mol. The Morgan fingerprint density at radius 3 is 2.56 bits per heavy atom. The van der Waals surface area contributed by atoms with Gasteiger partial charge in [-0.2, -0.15) is 5.10 Å². The number of ether oxygens (including phenoxy) is 1. The number of aromatic amines is 1. The summed E-state index contributed by atoms with van der Waals surface area (Å²) in [6.45, 7) is 8.45. The summed E-state index contributed by atoms with van der Waals surface area (Å²) in [5, 5.41) is 10.5. The Morgan fingerprint density at radius 1 is 1.44 bits per heavy atom. The number of rotatable bonds is 3. The molecule has 4 heteroatoms. The SMILES string of the molecule is COC1(Cc2cn[nH]c2C(C)(C)C)CNC1. The number of H-pyrrole nitrogens is 1. The van der Waals surface area contributed by atoms with Gasteiger partial charge in [0.2, 0.25) is 0 Å². The molecule has 0 aliphatic carbocycles. The molecule has 0 saturated carbocycles. The fourth-order valence-corrected chi connectivity index (χ4v) is 2.19. The van der Waals surface area contributed by atoms with E-state index < -0.39 is 0 Å². The molecule has 0 radical (unpaired) electrons. The van der Waals surface area contributed by atoms with Crippen molar-refractivity contribution in [3.05, 3.63) is 17.5 Å². The molecule has 90 valence electrons. The first-order chi connectivity index (χ1) is 7.47. The molecule has 1 aromatic rings. The Hall–Kier alpha value is -0.870. The number of hydrogen-bond donors (Lipinski definition) is 2. The van der Waals surface area contributed by atoms with Crippen LogP contribution in [0.15, 0.2) is 6.20 Å². The normalized spacial score (nSPS) is 19.5. The van der Waals surface area contributed by atoms with Crippen LogP contribution in [0.4, 0.5) is 0 Å². The van der Waals surface area contributed by atoms with Crippen molar-refractivity contribution < 1.29 is 4.74 Å². The highest BCUT2D eigenvalue weighted by atomic mass is 16.5. The summed E-state index contributed by atoms with van der Waals surface area (Å²) in [4.78, 5) is 0. The minimum atomic E-state index is -0.0239. The van der Waals surface area contributed by atoms with Crippen LogP contribution < -0.4 is 5.32 Å². The Morgan fingerprint density at radius 2 is 2.12 bits per heavy atom. The van der Waals surface area contributed by atoms with Crippen molar-refractivity contribution in [2.75, 3.05) is 20.2 Å². The van der Waals surface area contributed by atoms with Crippen LogP contribution in [0.3, 0.4) is 0 Å². The maximum atomic E-state index is 5.61. The van der Waals surface area contributed by atoms with Gasteiger partial charge in [-0.3, -0.25) is 5.10 Å². The van der Waals surface area contributed by atoms with Gasteiger partial charge in [0.25, 0.3) is 0 Å². The first-order valence-corrected chi connectivity index (χ1v) is 5.75. The van der Waals surface area contributed by atoms with Crippen molar-refractivity contribution in [1.29, 1.82) is 0 Å². The highest BCUT2D eigenvalue weighted by molar-refractivity contribution is 5.26. The van der Waals surface area contributed by atoms with Gasteiger partial charge in [0, 0.05) is 37.7 Å². The van der Waals surface area contributed by atoms with Crippen LogP contribution in [0.25, 0.3) is 0 Å². The topological polar surface area (TPSA) is 49.9 Å². The Kier molecular flexibility index (Phi) is 2.80. The third-order valence-electron chi connectivity index (χ3n) is 3.31. The molecule has 2 N–H and O–H groups in total. The summed E-state index contributed by atoms with van der Waals surface area (Å²) < 4.78 is 5.61. The lowest BCUT2D eigenvalue weighted by molar-refractivity contribution is -0.0504. The first-order valence-electron chi connectivity index (χ1n) is 5.75. The summed E-state index contributed by atoms with van der Waals surface area (Å²) in [7, 11) is 1.79. The summed E-state index contributed by atoms with van der Waals surface area (Å²) in [6.07, 6.45) is 2.86. The molecule has 0 spiro atoms. The van der Waals surface area contributed by atoms with E-state index in [4.69, 9.17) is 4.74 Å². The van der Waals surface area contributed by atoms with Gasteiger partial charge < -0.3 is 10.1 Å². The third-order valence-corrected chi connectivity index (χ3v) is 3.31. The summed E-state index contributed by atoms with van der Waals surface area (Å²) in [6, 6.07) is 0. The lowest BCUT2D eigenvalue weighted by Crippen LogP contribution is -2.62. The van der Waals surface area contributed by atoms with Crippen LogP contribution in [0.5, 0.6) is 0 Å². The number of aromatic nitrogens is 2. The minimum absolute atomic E-state index is 0.0239. The number of nitrogens with zero attached hydrogens (tertiary/aromatic N) is 1. The van der Waals surface area contributed by atoms with Crippen molar-refractivity contribution in [3.63, 3.8) is 0 Å². The number of methoxy groups -OCH3 is 1. The fraction of sp³-hybridized carbons (Fsp3) is 0.750. The second-order valence-electron chi connectivity index (χ2n) is 5.69. The van der Waals surface area contributed by atoms with Gasteiger partial charge >= 0.3 is 0 Å². The van der Waals surface area contributed by atoms with Crippen LogP contribution >= 0.6 is 0 Å². The molecular weight excluding hydrogens is 202 g/mol. The molecule has 1 aliphatic rings. The molecule has 1 aromatic heterocycles. The Labute approximate surface area is 96.8 Å². The zero-order chi connectivity index (χ0) is 11.8. The largest absolute Gasteiger partial charge is 0.375 e. The molecule has 0 amide bonds. The van der Waals surface area contributed by atoms with Crippen LogP contribution in [0, 0.1) is 0 Å². The van der Waals surface area contributed by atoms with E-state index in [0.717, 1.165) is 19.5 Å². The van der Waals surface area contributed by atoms with Crippen molar-refractivity contribution in [3.8, 4) is 0 Å². The van der Waals surface area contributed by atoms with E-state index >= 15 is 0 Å². The Bertz CT molecular complexity index is 355. The minimum Gasteiger partial charge on any atom is -0.375 e. The molecular formula is C12H21N3O. The maximum absolute atomic E-state index is 5.61. The van der Waals surface area contributed by atoms with E-state index in [1.165, 1.54) is 11.3 Å². The fourth-order valence-electron chi connectivity index (χ4n) is 2.19. The van der Waals surface area contributed by atoms with Gasteiger partial charge in [-0.25, -0.2) is 0 Å². The van der Waals surface area contributed by atoms with Gasteiger partial charge in [0.05, 0.1) is 11.8 Å². The lowest BCUT2D eigenvalue weighted by atomic mass is 9.83. The maximum Gasteiger partial charge on any atom is 0.0967 e. The van der Waals surface area contributed by atoms with Gasteiger partial charge in [-0.1, -0.05) is 20.8 Å². The molecule has 0 aromatic carbocycles. The molecule has 4 nitrogen and oxygen atoms in total. The van der Waals surface area contributed by atoms with Gasteiger partial charge in [0.15, 0.2) is 0 Å². The summed E-state index contributed by atoms with van der Waals surface area (Å²) in [5.41, 5.74) is 2.58. The van der Waals surface area contributed by atoms with E-state index in [0.29, 0.717) is 0 Å². The van der Waals surface area contributed by atoms with Crippen molar-refractivity contribution >= 4 is 0 Å².